The third kappa shape index (κ3) is 4.87. The molecule has 1 rings (SSSR count). The Morgan fingerprint density at radius 3 is 2.41 bits per heavy atom. The summed E-state index contributed by atoms with van der Waals surface area (Å²) in [4.78, 5) is 22.8. The van der Waals surface area contributed by atoms with Gasteiger partial charge in [0, 0.05) is 10.6 Å². The van der Waals surface area contributed by atoms with Crippen LogP contribution in [0.25, 0.3) is 0 Å². The van der Waals surface area contributed by atoms with Gasteiger partial charge in [-0.1, -0.05) is 11.6 Å². The molecule has 1 aromatic carbocycles. The fourth-order valence-electron chi connectivity index (χ4n) is 1.16. The van der Waals surface area contributed by atoms with Gasteiger partial charge in [0.05, 0.1) is 6.10 Å². The SMILES string of the molecule is CC(C)OC(=O)CNC(=O)c1ccc(Cl)cc1. The Balaban J connectivity index is 2.45. The lowest BCUT2D eigenvalue weighted by molar-refractivity contribution is -0.146. The average Bonchev–Trinajstić information content (AvgIpc) is 2.26. The number of ether oxygens (including phenoxy) is 1. The fraction of sp³-hybridized carbons (Fsp3) is 0.333. The van der Waals surface area contributed by atoms with E-state index in [9.17, 15) is 9.59 Å². The van der Waals surface area contributed by atoms with E-state index < -0.39 is 5.97 Å². The molecule has 0 bridgehead atoms. The van der Waals surface area contributed by atoms with Gasteiger partial charge in [-0.15, -0.1) is 0 Å². The van der Waals surface area contributed by atoms with E-state index in [0.29, 0.717) is 10.6 Å². The van der Waals surface area contributed by atoms with Crippen molar-refractivity contribution in [3.63, 3.8) is 0 Å². The van der Waals surface area contributed by atoms with Crippen LogP contribution in [-0.4, -0.2) is 24.5 Å². The summed E-state index contributed by atoms with van der Waals surface area (Å²) in [6, 6.07) is 6.41. The van der Waals surface area contributed by atoms with Crippen LogP contribution in [0.5, 0.6) is 0 Å². The number of hydrogen-bond donors (Lipinski definition) is 1. The van der Waals surface area contributed by atoms with Gasteiger partial charge in [-0.05, 0) is 38.1 Å². The topological polar surface area (TPSA) is 55.4 Å². The first kappa shape index (κ1) is 13.5. The molecule has 1 amide bonds. The Morgan fingerprint density at radius 2 is 1.88 bits per heavy atom. The van der Waals surface area contributed by atoms with Crippen LogP contribution in [0.1, 0.15) is 24.2 Å². The first-order valence-corrected chi connectivity index (χ1v) is 5.60. The van der Waals surface area contributed by atoms with Crippen molar-refractivity contribution in [2.75, 3.05) is 6.54 Å². The number of amides is 1. The van der Waals surface area contributed by atoms with Gasteiger partial charge in [0.25, 0.3) is 5.91 Å². The summed E-state index contributed by atoms with van der Waals surface area (Å²) in [6.07, 6.45) is -0.185. The summed E-state index contributed by atoms with van der Waals surface area (Å²) in [5.74, 6) is -0.787. The number of benzene rings is 1. The highest BCUT2D eigenvalue weighted by Gasteiger charge is 2.09. The molecule has 0 aliphatic carbocycles. The smallest absolute Gasteiger partial charge is 0.325 e. The molecule has 0 aromatic heterocycles. The van der Waals surface area contributed by atoms with Crippen molar-refractivity contribution >= 4 is 23.5 Å². The molecule has 0 atom stereocenters. The lowest BCUT2D eigenvalue weighted by Gasteiger charge is -2.08. The average molecular weight is 256 g/mol. The van der Waals surface area contributed by atoms with Crippen LogP contribution in [0.15, 0.2) is 24.3 Å². The number of halogens is 1. The van der Waals surface area contributed by atoms with Gasteiger partial charge in [0.2, 0.25) is 0 Å². The van der Waals surface area contributed by atoms with Gasteiger partial charge in [0.1, 0.15) is 6.54 Å². The molecule has 0 saturated carbocycles. The molecule has 0 aliphatic heterocycles. The Hall–Kier alpha value is -1.55. The lowest BCUT2D eigenvalue weighted by atomic mass is 10.2. The molecule has 0 unspecified atom stereocenters. The molecule has 0 spiro atoms. The predicted octanol–water partition coefficient (Wildman–Crippen LogP) is 2.02. The van der Waals surface area contributed by atoms with Gasteiger partial charge in [0.15, 0.2) is 0 Å². The molecule has 17 heavy (non-hydrogen) atoms. The van der Waals surface area contributed by atoms with Gasteiger partial charge >= 0.3 is 5.97 Å². The van der Waals surface area contributed by atoms with Crippen molar-refractivity contribution in [3.8, 4) is 0 Å². The minimum atomic E-state index is -0.456. The van der Waals surface area contributed by atoms with Crippen molar-refractivity contribution in [3.05, 3.63) is 34.9 Å². The maximum Gasteiger partial charge on any atom is 0.325 e. The summed E-state index contributed by atoms with van der Waals surface area (Å²) in [5, 5.41) is 3.02. The van der Waals surface area contributed by atoms with Crippen molar-refractivity contribution in [2.24, 2.45) is 0 Å². The molecule has 1 N–H and O–H groups in total. The molecule has 0 saturated heterocycles. The summed E-state index contributed by atoms with van der Waals surface area (Å²) in [6.45, 7) is 3.36. The molecular weight excluding hydrogens is 242 g/mol. The molecule has 0 aliphatic rings. The molecule has 1 aromatic rings. The molecule has 0 fully saturated rings. The van der Waals surface area contributed by atoms with Crippen LogP contribution in [0.4, 0.5) is 0 Å². The van der Waals surface area contributed by atoms with Crippen molar-refractivity contribution in [1.29, 1.82) is 0 Å². The van der Waals surface area contributed by atoms with Gasteiger partial charge in [-0.3, -0.25) is 9.59 Å². The molecule has 92 valence electrons. The monoisotopic (exact) mass is 255 g/mol. The van der Waals surface area contributed by atoms with Crippen molar-refractivity contribution in [2.45, 2.75) is 20.0 Å². The van der Waals surface area contributed by atoms with Gasteiger partial charge in [-0.2, -0.15) is 0 Å². The number of hydrogen-bond acceptors (Lipinski definition) is 3. The number of nitrogens with one attached hydrogen (secondary N) is 1. The maximum atomic E-state index is 11.6. The van der Waals surface area contributed by atoms with Gasteiger partial charge < -0.3 is 10.1 Å². The number of esters is 1. The van der Waals surface area contributed by atoms with E-state index in [1.54, 1.807) is 38.1 Å². The Kier molecular flexibility index (Phi) is 4.97. The predicted molar refractivity (Wildman–Crippen MR) is 65.0 cm³/mol. The third-order valence-electron chi connectivity index (χ3n) is 1.87. The second kappa shape index (κ2) is 6.25. The van der Waals surface area contributed by atoms with E-state index in [0.717, 1.165) is 0 Å². The van der Waals surface area contributed by atoms with E-state index in [4.69, 9.17) is 16.3 Å². The molecule has 0 heterocycles. The molecule has 0 radical (unpaired) electrons. The zero-order valence-electron chi connectivity index (χ0n) is 9.70. The van der Waals surface area contributed by atoms with Crippen LogP contribution in [-0.2, 0) is 9.53 Å². The highest BCUT2D eigenvalue weighted by molar-refractivity contribution is 6.30. The zero-order valence-corrected chi connectivity index (χ0v) is 10.5. The summed E-state index contributed by atoms with van der Waals surface area (Å²) < 4.78 is 4.88. The second-order valence-corrected chi connectivity index (χ2v) is 4.16. The summed E-state index contributed by atoms with van der Waals surface area (Å²) in [7, 11) is 0. The Bertz CT molecular complexity index is 401. The Labute approximate surface area is 105 Å². The van der Waals surface area contributed by atoms with E-state index in [-0.39, 0.29) is 18.6 Å². The lowest BCUT2D eigenvalue weighted by Crippen LogP contribution is -2.31. The number of carbonyl (C=O) groups excluding carboxylic acids is 2. The normalized spacial score (nSPS) is 10.1. The summed E-state index contributed by atoms with van der Waals surface area (Å²) >= 11 is 5.70. The Morgan fingerprint density at radius 1 is 1.29 bits per heavy atom. The standard InChI is InChI=1S/C12H14ClNO3/c1-8(2)17-11(15)7-14-12(16)9-3-5-10(13)6-4-9/h3-6,8H,7H2,1-2H3,(H,14,16). The van der Waals surface area contributed by atoms with Crippen molar-refractivity contribution in [1.82, 2.24) is 5.32 Å². The van der Waals surface area contributed by atoms with Crippen LogP contribution < -0.4 is 5.32 Å². The van der Waals surface area contributed by atoms with Crippen LogP contribution in [0, 0.1) is 0 Å². The second-order valence-electron chi connectivity index (χ2n) is 3.73. The minimum Gasteiger partial charge on any atom is -0.462 e. The van der Waals surface area contributed by atoms with Crippen LogP contribution in [0.2, 0.25) is 5.02 Å². The largest absolute Gasteiger partial charge is 0.462 e. The highest BCUT2D eigenvalue weighted by Crippen LogP contribution is 2.09. The number of carbonyl (C=O) groups is 2. The fourth-order valence-corrected chi connectivity index (χ4v) is 1.29. The molecule has 4 nitrogen and oxygen atoms in total. The highest BCUT2D eigenvalue weighted by atomic mass is 35.5. The van der Waals surface area contributed by atoms with E-state index in [1.165, 1.54) is 0 Å². The quantitative estimate of drug-likeness (QED) is 0.838. The van der Waals surface area contributed by atoms with Crippen LogP contribution in [0.3, 0.4) is 0 Å². The first-order valence-electron chi connectivity index (χ1n) is 5.22. The molecular formula is C12H14ClNO3. The maximum absolute atomic E-state index is 11.6. The van der Waals surface area contributed by atoms with Crippen molar-refractivity contribution < 1.29 is 14.3 Å². The first-order chi connectivity index (χ1) is 7.99. The van der Waals surface area contributed by atoms with E-state index in [1.807, 2.05) is 0 Å². The van der Waals surface area contributed by atoms with Crippen LogP contribution >= 0.6 is 11.6 Å². The van der Waals surface area contributed by atoms with E-state index in [2.05, 4.69) is 5.32 Å². The van der Waals surface area contributed by atoms with Gasteiger partial charge in [-0.25, -0.2) is 0 Å². The molecule has 5 heteroatoms. The minimum absolute atomic E-state index is 0.139. The third-order valence-corrected chi connectivity index (χ3v) is 2.12. The summed E-state index contributed by atoms with van der Waals surface area (Å²) in [5.41, 5.74) is 0.451. The van der Waals surface area contributed by atoms with E-state index >= 15 is 0 Å². The zero-order chi connectivity index (χ0) is 12.8. The number of rotatable bonds is 4.